The number of aliphatic imine (C=N–C) groups is 1. The van der Waals surface area contributed by atoms with Crippen molar-refractivity contribution in [2.45, 2.75) is 45.6 Å². The molecule has 2 heterocycles. The van der Waals surface area contributed by atoms with E-state index in [0.29, 0.717) is 12.5 Å². The normalized spacial score (nSPS) is 17.2. The van der Waals surface area contributed by atoms with Crippen molar-refractivity contribution in [2.75, 3.05) is 40.3 Å². The second-order valence-corrected chi connectivity index (χ2v) is 8.04. The number of ether oxygens (including phenoxy) is 1. The minimum Gasteiger partial charge on any atom is -0.376 e. The third-order valence-electron chi connectivity index (χ3n) is 4.35. The van der Waals surface area contributed by atoms with Crippen molar-refractivity contribution in [3.8, 4) is 0 Å². The summed E-state index contributed by atoms with van der Waals surface area (Å²) in [5.74, 6) is 0.630. The standard InChI is InChI=1S/C18H31N5O2S.HI/c1-13-14(2)26-16(22-13)8-9-19-18(21-12-17(24)23(3)4)20-11-15-7-5-6-10-25-15;/h15H,5-12H2,1-4H3,(H2,19,20,21);1H. The summed E-state index contributed by atoms with van der Waals surface area (Å²) in [4.78, 5) is 23.6. The van der Waals surface area contributed by atoms with Crippen molar-refractivity contribution in [3.05, 3.63) is 15.6 Å². The number of hydrogen-bond acceptors (Lipinski definition) is 5. The van der Waals surface area contributed by atoms with Gasteiger partial charge in [-0.2, -0.15) is 0 Å². The Bertz CT molecular complexity index is 595. The van der Waals surface area contributed by atoms with E-state index in [4.69, 9.17) is 4.74 Å². The molecule has 1 fully saturated rings. The Hall–Kier alpha value is -0.940. The maximum atomic E-state index is 11.8. The maximum absolute atomic E-state index is 11.8. The van der Waals surface area contributed by atoms with Crippen LogP contribution in [0.4, 0.5) is 0 Å². The summed E-state index contributed by atoms with van der Waals surface area (Å²) in [6, 6.07) is 0. The van der Waals surface area contributed by atoms with Gasteiger partial charge in [-0.1, -0.05) is 0 Å². The average molecular weight is 509 g/mol. The number of aryl methyl sites for hydroxylation is 2. The molecule has 2 rings (SSSR count). The number of thiazole rings is 1. The molecule has 0 spiro atoms. The lowest BCUT2D eigenvalue weighted by Crippen LogP contribution is -2.43. The zero-order valence-electron chi connectivity index (χ0n) is 16.7. The van der Waals surface area contributed by atoms with Gasteiger partial charge in [0.05, 0.1) is 16.8 Å². The highest BCUT2D eigenvalue weighted by Crippen LogP contribution is 2.16. The molecule has 1 amide bonds. The molecule has 0 saturated carbocycles. The van der Waals surface area contributed by atoms with Crippen LogP contribution in [0.3, 0.4) is 0 Å². The predicted octanol–water partition coefficient (Wildman–Crippen LogP) is 2.11. The Balaban J connectivity index is 0.00000364. The molecule has 0 radical (unpaired) electrons. The zero-order valence-corrected chi connectivity index (χ0v) is 19.9. The quantitative estimate of drug-likeness (QED) is 0.335. The molecule has 0 aromatic carbocycles. The van der Waals surface area contributed by atoms with Crippen LogP contribution in [-0.4, -0.2) is 68.2 Å². The van der Waals surface area contributed by atoms with Gasteiger partial charge in [-0.3, -0.25) is 4.79 Å². The Morgan fingerprint density at radius 3 is 2.70 bits per heavy atom. The fraction of sp³-hybridized carbons (Fsp3) is 0.722. The second kappa shape index (κ2) is 12.5. The molecule has 1 saturated heterocycles. The number of carbonyl (C=O) groups is 1. The van der Waals surface area contributed by atoms with Crippen molar-refractivity contribution < 1.29 is 9.53 Å². The first kappa shape index (κ1) is 24.1. The van der Waals surface area contributed by atoms with E-state index in [1.165, 1.54) is 11.3 Å². The number of nitrogens with zero attached hydrogens (tertiary/aromatic N) is 3. The third kappa shape index (κ3) is 8.73. The molecule has 2 N–H and O–H groups in total. The van der Waals surface area contributed by atoms with Gasteiger partial charge in [0.15, 0.2) is 5.96 Å². The number of likely N-dealkylation sites (N-methyl/N-ethyl adjacent to an activating group) is 1. The number of rotatable bonds is 7. The van der Waals surface area contributed by atoms with Gasteiger partial charge >= 0.3 is 0 Å². The van der Waals surface area contributed by atoms with Crippen LogP contribution >= 0.6 is 35.3 Å². The number of carbonyl (C=O) groups excluding carboxylic acids is 1. The van der Waals surface area contributed by atoms with Gasteiger partial charge in [0.25, 0.3) is 0 Å². The maximum Gasteiger partial charge on any atom is 0.243 e. The SMILES string of the molecule is Cc1nc(CCNC(=NCC(=O)N(C)C)NCC2CCCCO2)sc1C.I. The molecule has 154 valence electrons. The van der Waals surface area contributed by atoms with Crippen molar-refractivity contribution in [1.82, 2.24) is 20.5 Å². The molecule has 7 nitrogen and oxygen atoms in total. The van der Waals surface area contributed by atoms with Crippen molar-refractivity contribution >= 4 is 47.2 Å². The topological polar surface area (TPSA) is 78.9 Å². The predicted molar refractivity (Wildman–Crippen MR) is 121 cm³/mol. The number of hydrogen-bond donors (Lipinski definition) is 2. The Morgan fingerprint density at radius 1 is 1.33 bits per heavy atom. The smallest absolute Gasteiger partial charge is 0.243 e. The van der Waals surface area contributed by atoms with Gasteiger partial charge in [-0.15, -0.1) is 35.3 Å². The summed E-state index contributed by atoms with van der Waals surface area (Å²) < 4.78 is 5.75. The van der Waals surface area contributed by atoms with Crippen LogP contribution in [0.2, 0.25) is 0 Å². The molecule has 0 aliphatic carbocycles. The molecule has 1 aromatic heterocycles. The number of nitrogens with one attached hydrogen (secondary N) is 2. The lowest BCUT2D eigenvalue weighted by atomic mass is 10.1. The van der Waals surface area contributed by atoms with Crippen LogP contribution < -0.4 is 10.6 Å². The van der Waals surface area contributed by atoms with Crippen LogP contribution in [0.5, 0.6) is 0 Å². The van der Waals surface area contributed by atoms with E-state index < -0.39 is 0 Å². The molecule has 27 heavy (non-hydrogen) atoms. The molecule has 1 aromatic rings. The summed E-state index contributed by atoms with van der Waals surface area (Å²) in [5.41, 5.74) is 1.10. The van der Waals surface area contributed by atoms with E-state index in [0.717, 1.165) is 43.1 Å². The van der Waals surface area contributed by atoms with E-state index in [9.17, 15) is 4.79 Å². The Kier molecular flexibility index (Phi) is 11.2. The molecular formula is C18H32IN5O2S. The van der Waals surface area contributed by atoms with E-state index in [1.54, 1.807) is 30.3 Å². The lowest BCUT2D eigenvalue weighted by Gasteiger charge is -2.24. The molecule has 1 unspecified atom stereocenters. The van der Waals surface area contributed by atoms with Gasteiger partial charge in [0, 0.05) is 45.1 Å². The monoisotopic (exact) mass is 509 g/mol. The van der Waals surface area contributed by atoms with E-state index in [2.05, 4.69) is 27.5 Å². The van der Waals surface area contributed by atoms with Crippen LogP contribution in [0.1, 0.15) is 34.8 Å². The summed E-state index contributed by atoms with van der Waals surface area (Å²) in [7, 11) is 3.47. The third-order valence-corrected chi connectivity index (χ3v) is 5.48. The number of aromatic nitrogens is 1. The first-order chi connectivity index (χ1) is 12.5. The van der Waals surface area contributed by atoms with E-state index >= 15 is 0 Å². The fourth-order valence-electron chi connectivity index (χ4n) is 2.58. The molecular weight excluding hydrogens is 477 g/mol. The van der Waals surface area contributed by atoms with Gasteiger partial charge in [0.2, 0.25) is 5.91 Å². The average Bonchev–Trinajstić information content (AvgIpc) is 2.95. The number of amides is 1. The summed E-state index contributed by atoms with van der Waals surface area (Å²) in [6.07, 6.45) is 4.45. The van der Waals surface area contributed by atoms with Crippen molar-refractivity contribution in [2.24, 2.45) is 4.99 Å². The second-order valence-electron chi connectivity index (χ2n) is 6.75. The first-order valence-corrected chi connectivity index (χ1v) is 10.0. The highest BCUT2D eigenvalue weighted by atomic mass is 127. The van der Waals surface area contributed by atoms with Crippen molar-refractivity contribution in [3.63, 3.8) is 0 Å². The van der Waals surface area contributed by atoms with Gasteiger partial charge in [-0.25, -0.2) is 9.98 Å². The molecule has 1 aliphatic rings. The Morgan fingerprint density at radius 2 is 2.11 bits per heavy atom. The van der Waals surface area contributed by atoms with Gasteiger partial charge < -0.3 is 20.3 Å². The summed E-state index contributed by atoms with van der Waals surface area (Å²) in [5, 5.41) is 7.74. The largest absolute Gasteiger partial charge is 0.376 e. The van der Waals surface area contributed by atoms with Crippen LogP contribution in [-0.2, 0) is 16.0 Å². The van der Waals surface area contributed by atoms with Crippen LogP contribution in [0, 0.1) is 13.8 Å². The number of guanidine groups is 1. The van der Waals surface area contributed by atoms with E-state index in [1.807, 2.05) is 6.92 Å². The number of halogens is 1. The molecule has 1 aliphatic heterocycles. The summed E-state index contributed by atoms with van der Waals surface area (Å²) in [6.45, 7) is 6.51. The molecule has 9 heteroatoms. The van der Waals surface area contributed by atoms with Crippen LogP contribution in [0.15, 0.2) is 4.99 Å². The first-order valence-electron chi connectivity index (χ1n) is 9.22. The van der Waals surface area contributed by atoms with Gasteiger partial charge in [0.1, 0.15) is 6.54 Å². The lowest BCUT2D eigenvalue weighted by molar-refractivity contribution is -0.127. The fourth-order valence-corrected chi connectivity index (χ4v) is 3.51. The van der Waals surface area contributed by atoms with E-state index in [-0.39, 0.29) is 42.5 Å². The Labute approximate surface area is 183 Å². The highest BCUT2D eigenvalue weighted by molar-refractivity contribution is 14.0. The molecule has 0 bridgehead atoms. The van der Waals surface area contributed by atoms with Gasteiger partial charge in [-0.05, 0) is 33.1 Å². The highest BCUT2D eigenvalue weighted by Gasteiger charge is 2.14. The summed E-state index contributed by atoms with van der Waals surface area (Å²) >= 11 is 1.73. The minimum absolute atomic E-state index is 0. The minimum atomic E-state index is -0.0220. The van der Waals surface area contributed by atoms with Crippen LogP contribution in [0.25, 0.3) is 0 Å². The molecule has 1 atom stereocenters. The zero-order chi connectivity index (χ0) is 18.9. The van der Waals surface area contributed by atoms with Crippen molar-refractivity contribution in [1.29, 1.82) is 0 Å².